The molecule has 0 aromatic heterocycles. The number of hydrogen-bond acceptors (Lipinski definition) is 2. The third kappa shape index (κ3) is 2.17. The van der Waals surface area contributed by atoms with E-state index < -0.39 is 5.60 Å². The molecule has 2 atom stereocenters. The molecular weight excluding hydrogens is 138 g/mol. The topological polar surface area (TPSA) is 32.3 Å². The van der Waals surface area contributed by atoms with Gasteiger partial charge in [0.1, 0.15) is 0 Å². The highest BCUT2D eigenvalue weighted by molar-refractivity contribution is 4.90. The Labute approximate surface area is 69.0 Å². The van der Waals surface area contributed by atoms with Crippen LogP contribution in [-0.2, 0) is 0 Å². The first-order chi connectivity index (χ1) is 5.17. The van der Waals surface area contributed by atoms with Crippen LogP contribution in [-0.4, -0.2) is 23.3 Å². The fourth-order valence-electron chi connectivity index (χ4n) is 1.90. The lowest BCUT2D eigenvalue weighted by Gasteiger charge is -2.29. The molecule has 0 amide bonds. The molecule has 0 saturated carbocycles. The Balaban J connectivity index is 2.41. The van der Waals surface area contributed by atoms with E-state index in [9.17, 15) is 5.11 Å². The highest BCUT2D eigenvalue weighted by Crippen LogP contribution is 2.23. The summed E-state index contributed by atoms with van der Waals surface area (Å²) in [6.07, 6.45) is 4.31. The van der Waals surface area contributed by atoms with Gasteiger partial charge in [0, 0.05) is 6.04 Å². The predicted molar refractivity (Wildman–Crippen MR) is 46.6 cm³/mol. The molecule has 2 N–H and O–H groups in total. The van der Waals surface area contributed by atoms with Crippen molar-refractivity contribution in [2.75, 3.05) is 6.54 Å². The van der Waals surface area contributed by atoms with Crippen molar-refractivity contribution in [2.24, 2.45) is 0 Å². The van der Waals surface area contributed by atoms with Crippen LogP contribution in [0.3, 0.4) is 0 Å². The average molecular weight is 157 g/mol. The molecule has 2 heteroatoms. The maximum atomic E-state index is 9.95. The lowest BCUT2D eigenvalue weighted by molar-refractivity contribution is 0.0170. The van der Waals surface area contributed by atoms with Crippen LogP contribution in [0.5, 0.6) is 0 Å². The second-order valence-corrected chi connectivity index (χ2v) is 3.76. The highest BCUT2D eigenvalue weighted by atomic mass is 16.3. The van der Waals surface area contributed by atoms with Crippen molar-refractivity contribution in [1.82, 2.24) is 5.32 Å². The van der Waals surface area contributed by atoms with Crippen LogP contribution in [0, 0.1) is 0 Å². The SMILES string of the molecule is CCCC(C)(O)C1CCCN1. The van der Waals surface area contributed by atoms with E-state index in [4.69, 9.17) is 0 Å². The summed E-state index contributed by atoms with van der Waals surface area (Å²) >= 11 is 0. The monoisotopic (exact) mass is 157 g/mol. The summed E-state index contributed by atoms with van der Waals surface area (Å²) in [6.45, 7) is 5.13. The lowest BCUT2D eigenvalue weighted by atomic mass is 9.90. The number of aliphatic hydroxyl groups is 1. The number of nitrogens with one attached hydrogen (secondary N) is 1. The molecular formula is C9H19NO. The standard InChI is InChI=1S/C9H19NO/c1-3-6-9(2,11)8-5-4-7-10-8/h8,10-11H,3-7H2,1-2H3. The number of hydrogen-bond donors (Lipinski definition) is 2. The van der Waals surface area contributed by atoms with Gasteiger partial charge < -0.3 is 10.4 Å². The molecule has 1 aliphatic heterocycles. The van der Waals surface area contributed by atoms with Crippen LogP contribution in [0.1, 0.15) is 39.5 Å². The van der Waals surface area contributed by atoms with Gasteiger partial charge in [0.05, 0.1) is 5.60 Å². The Bertz CT molecular complexity index is 117. The van der Waals surface area contributed by atoms with Crippen LogP contribution in [0.4, 0.5) is 0 Å². The lowest BCUT2D eigenvalue weighted by Crippen LogP contribution is -2.45. The van der Waals surface area contributed by atoms with E-state index in [1.54, 1.807) is 0 Å². The van der Waals surface area contributed by atoms with Gasteiger partial charge in [-0.15, -0.1) is 0 Å². The van der Waals surface area contributed by atoms with Gasteiger partial charge in [-0.1, -0.05) is 13.3 Å². The largest absolute Gasteiger partial charge is 0.389 e. The van der Waals surface area contributed by atoms with Gasteiger partial charge in [-0.3, -0.25) is 0 Å². The van der Waals surface area contributed by atoms with Crippen LogP contribution >= 0.6 is 0 Å². The predicted octanol–water partition coefficient (Wildman–Crippen LogP) is 1.29. The van der Waals surface area contributed by atoms with Crippen LogP contribution in [0.2, 0.25) is 0 Å². The van der Waals surface area contributed by atoms with Crippen molar-refractivity contribution >= 4 is 0 Å². The van der Waals surface area contributed by atoms with Gasteiger partial charge in [-0.25, -0.2) is 0 Å². The summed E-state index contributed by atoms with van der Waals surface area (Å²) in [4.78, 5) is 0. The van der Waals surface area contributed by atoms with E-state index in [0.29, 0.717) is 6.04 Å². The van der Waals surface area contributed by atoms with E-state index in [-0.39, 0.29) is 0 Å². The molecule has 66 valence electrons. The van der Waals surface area contributed by atoms with Crippen molar-refractivity contribution in [3.05, 3.63) is 0 Å². The van der Waals surface area contributed by atoms with Gasteiger partial charge in [0.2, 0.25) is 0 Å². The second kappa shape index (κ2) is 3.55. The van der Waals surface area contributed by atoms with Crippen LogP contribution < -0.4 is 5.32 Å². The first-order valence-electron chi connectivity index (χ1n) is 4.62. The normalized spacial score (nSPS) is 30.3. The Morgan fingerprint density at radius 3 is 2.82 bits per heavy atom. The van der Waals surface area contributed by atoms with Crippen molar-refractivity contribution in [3.8, 4) is 0 Å². The molecule has 2 unspecified atom stereocenters. The molecule has 1 saturated heterocycles. The van der Waals surface area contributed by atoms with Crippen LogP contribution in [0.15, 0.2) is 0 Å². The molecule has 0 bridgehead atoms. The minimum atomic E-state index is -0.481. The van der Waals surface area contributed by atoms with Gasteiger partial charge in [-0.2, -0.15) is 0 Å². The third-order valence-corrected chi connectivity index (χ3v) is 2.57. The summed E-state index contributed by atoms with van der Waals surface area (Å²) < 4.78 is 0. The zero-order chi connectivity index (χ0) is 8.32. The molecule has 1 rings (SSSR count). The smallest absolute Gasteiger partial charge is 0.0771 e. The van der Waals surface area contributed by atoms with E-state index in [1.165, 1.54) is 6.42 Å². The number of rotatable bonds is 3. The van der Waals surface area contributed by atoms with Crippen molar-refractivity contribution in [2.45, 2.75) is 51.2 Å². The van der Waals surface area contributed by atoms with E-state index in [0.717, 1.165) is 25.8 Å². The first kappa shape index (κ1) is 9.01. The zero-order valence-corrected chi connectivity index (χ0v) is 7.56. The highest BCUT2D eigenvalue weighted by Gasteiger charge is 2.32. The maximum absolute atomic E-state index is 9.95. The quantitative estimate of drug-likeness (QED) is 0.647. The Hall–Kier alpha value is -0.0800. The fraction of sp³-hybridized carbons (Fsp3) is 1.00. The maximum Gasteiger partial charge on any atom is 0.0771 e. The second-order valence-electron chi connectivity index (χ2n) is 3.76. The molecule has 1 aliphatic rings. The molecule has 0 aliphatic carbocycles. The molecule has 0 aromatic carbocycles. The van der Waals surface area contributed by atoms with Crippen molar-refractivity contribution in [3.63, 3.8) is 0 Å². The Morgan fingerprint density at radius 2 is 2.36 bits per heavy atom. The molecule has 1 fully saturated rings. The first-order valence-corrected chi connectivity index (χ1v) is 4.62. The van der Waals surface area contributed by atoms with Gasteiger partial charge in [0.15, 0.2) is 0 Å². The zero-order valence-electron chi connectivity index (χ0n) is 7.56. The Kier molecular flexibility index (Phi) is 2.90. The third-order valence-electron chi connectivity index (χ3n) is 2.57. The molecule has 11 heavy (non-hydrogen) atoms. The average Bonchev–Trinajstić information content (AvgIpc) is 2.37. The van der Waals surface area contributed by atoms with E-state index >= 15 is 0 Å². The molecule has 0 spiro atoms. The molecule has 2 nitrogen and oxygen atoms in total. The Morgan fingerprint density at radius 1 is 1.64 bits per heavy atom. The van der Waals surface area contributed by atoms with E-state index in [2.05, 4.69) is 12.2 Å². The summed E-state index contributed by atoms with van der Waals surface area (Å²) in [6, 6.07) is 0.336. The van der Waals surface area contributed by atoms with E-state index in [1.807, 2.05) is 6.92 Å². The summed E-state index contributed by atoms with van der Waals surface area (Å²) in [7, 11) is 0. The molecule has 0 radical (unpaired) electrons. The van der Waals surface area contributed by atoms with Gasteiger partial charge >= 0.3 is 0 Å². The minimum absolute atomic E-state index is 0.336. The minimum Gasteiger partial charge on any atom is -0.389 e. The van der Waals surface area contributed by atoms with Gasteiger partial charge in [-0.05, 0) is 32.7 Å². The molecule has 0 aromatic rings. The fourth-order valence-corrected chi connectivity index (χ4v) is 1.90. The summed E-state index contributed by atoms with van der Waals surface area (Å²) in [5.41, 5.74) is -0.481. The summed E-state index contributed by atoms with van der Waals surface area (Å²) in [5.74, 6) is 0. The van der Waals surface area contributed by atoms with Gasteiger partial charge in [0.25, 0.3) is 0 Å². The summed E-state index contributed by atoms with van der Waals surface area (Å²) in [5, 5.41) is 13.3. The van der Waals surface area contributed by atoms with Crippen molar-refractivity contribution < 1.29 is 5.11 Å². The van der Waals surface area contributed by atoms with Crippen molar-refractivity contribution in [1.29, 1.82) is 0 Å². The molecule has 1 heterocycles. The van der Waals surface area contributed by atoms with Crippen LogP contribution in [0.25, 0.3) is 0 Å².